The van der Waals surface area contributed by atoms with Gasteiger partial charge in [-0.1, -0.05) is 218 Å². The zero-order valence-electron chi connectivity index (χ0n) is 39.2. The highest BCUT2D eigenvalue weighted by Gasteiger charge is 2.23. The summed E-state index contributed by atoms with van der Waals surface area (Å²) < 4.78 is 27.0. The second-order valence-corrected chi connectivity index (χ2v) is 18.6. The summed E-state index contributed by atoms with van der Waals surface area (Å²) in [5.41, 5.74) is 0. The molecule has 1 amide bonds. The molecule has 0 aromatic rings. The molecule has 0 heterocycles. The van der Waals surface area contributed by atoms with Crippen LogP contribution in [0.15, 0.2) is 24.3 Å². The highest BCUT2D eigenvalue weighted by atomic mass is 31.2. The van der Waals surface area contributed by atoms with E-state index in [1.807, 2.05) is 0 Å². The number of phosphoric ester groups is 1. The summed E-state index contributed by atoms with van der Waals surface area (Å²) in [5, 5.41) is 12.7. The summed E-state index contributed by atoms with van der Waals surface area (Å²) >= 11 is 0. The lowest BCUT2D eigenvalue weighted by atomic mass is 10.0. The number of hydrogen-bond acceptors (Lipinski definition) is 7. The van der Waals surface area contributed by atoms with E-state index in [1.165, 1.54) is 180 Å². The third kappa shape index (κ3) is 47.5. The number of phosphoric acid groups is 1. The Morgan fingerprint density at radius 2 is 0.900 bits per heavy atom. The Morgan fingerprint density at radius 1 is 0.517 bits per heavy atom. The minimum absolute atomic E-state index is 0.0861. The summed E-state index contributed by atoms with van der Waals surface area (Å²) in [5.74, 6) is -0.506. The Morgan fingerprint density at radius 3 is 1.37 bits per heavy atom. The number of ether oxygens (including phenoxy) is 1. The van der Waals surface area contributed by atoms with Crippen molar-refractivity contribution in [2.75, 3.05) is 26.4 Å². The van der Waals surface area contributed by atoms with Gasteiger partial charge < -0.3 is 20.1 Å². The molecule has 0 aromatic carbocycles. The fourth-order valence-electron chi connectivity index (χ4n) is 7.30. The van der Waals surface area contributed by atoms with E-state index in [9.17, 15) is 24.2 Å². The molecule has 0 rings (SSSR count). The normalized spacial score (nSPS) is 13.3. The molecule has 0 aliphatic carbocycles. The van der Waals surface area contributed by atoms with Gasteiger partial charge in [-0.3, -0.25) is 18.6 Å². The fraction of sp³-hybridized carbons (Fsp3) is 0.880. The number of esters is 1. The minimum atomic E-state index is -4.42. The van der Waals surface area contributed by atoms with Crippen LogP contribution in [0.2, 0.25) is 0 Å². The maximum absolute atomic E-state index is 12.1. The van der Waals surface area contributed by atoms with Gasteiger partial charge in [-0.25, -0.2) is 4.57 Å². The predicted molar refractivity (Wildman–Crippen MR) is 252 cm³/mol. The topological polar surface area (TPSA) is 131 Å². The lowest BCUT2D eigenvalue weighted by molar-refractivity contribution is -0.147. The molecular formula is C50H96NO8P. The van der Waals surface area contributed by atoms with Crippen LogP contribution in [0.25, 0.3) is 0 Å². The molecule has 0 radical (unpaired) electrons. The Kier molecular flexibility index (Phi) is 45.8. The van der Waals surface area contributed by atoms with Crippen molar-refractivity contribution in [1.82, 2.24) is 5.32 Å². The zero-order chi connectivity index (χ0) is 43.9. The number of carbonyl (C=O) groups is 2. The number of aliphatic hydroxyl groups is 1. The second kappa shape index (κ2) is 47.0. The average Bonchev–Trinajstić information content (AvgIpc) is 3.23. The molecule has 2 unspecified atom stereocenters. The molecular weight excluding hydrogens is 774 g/mol. The molecule has 354 valence electrons. The molecule has 0 bridgehead atoms. The first-order chi connectivity index (χ1) is 29.3. The Bertz CT molecular complexity index is 1040. The van der Waals surface area contributed by atoms with E-state index in [2.05, 4.69) is 43.5 Å². The molecule has 0 saturated carbocycles. The van der Waals surface area contributed by atoms with Crippen molar-refractivity contribution >= 4 is 19.7 Å². The third-order valence-corrected chi connectivity index (χ3v) is 12.1. The standard InChI is InChI=1S/C50H96NO8P/c1-3-5-7-9-11-13-15-17-19-21-22-23-24-25-26-27-29-31-33-35-37-39-41-43-50(54)57-46-48(52)47-59-60(55,56)58-45-44-51-49(53)42-40-38-36-34-32-30-28-20-18-16-14-12-10-8-6-4-2/h11,13,17,19,48,52H,3-10,12,14-16,18,20-47H2,1-2H3,(H,51,53)(H,55,56)/b13-11-,19-17-. The van der Waals surface area contributed by atoms with Crippen molar-refractivity contribution in [2.45, 2.75) is 258 Å². The molecule has 0 saturated heterocycles. The van der Waals surface area contributed by atoms with Crippen LogP contribution in [0.5, 0.6) is 0 Å². The van der Waals surface area contributed by atoms with Gasteiger partial charge in [0.1, 0.15) is 12.7 Å². The zero-order valence-corrected chi connectivity index (χ0v) is 40.1. The van der Waals surface area contributed by atoms with Crippen LogP contribution in [-0.4, -0.2) is 54.3 Å². The van der Waals surface area contributed by atoms with Crippen molar-refractivity contribution in [2.24, 2.45) is 0 Å². The SMILES string of the molecule is CCCCC/C=C\C/C=C\CCCCCCCCCCCCCCCC(=O)OCC(O)COP(=O)(O)OCCNC(=O)CCCCCCCCCCCCCCCCCC. The first-order valence-corrected chi connectivity index (χ1v) is 26.8. The highest BCUT2D eigenvalue weighted by Crippen LogP contribution is 2.42. The fourth-order valence-corrected chi connectivity index (χ4v) is 8.05. The predicted octanol–water partition coefficient (Wildman–Crippen LogP) is 14.7. The lowest BCUT2D eigenvalue weighted by Crippen LogP contribution is -2.27. The molecule has 0 aliphatic rings. The molecule has 0 fully saturated rings. The summed E-state index contributed by atoms with van der Waals surface area (Å²) in [6.07, 6.45) is 52.6. The first-order valence-electron chi connectivity index (χ1n) is 25.3. The number of rotatable bonds is 48. The van der Waals surface area contributed by atoms with Gasteiger partial charge in [0.2, 0.25) is 5.91 Å². The van der Waals surface area contributed by atoms with Crippen molar-refractivity contribution in [3.8, 4) is 0 Å². The Labute approximate surface area is 370 Å². The van der Waals surface area contributed by atoms with Crippen LogP contribution >= 0.6 is 7.82 Å². The molecule has 10 heteroatoms. The molecule has 60 heavy (non-hydrogen) atoms. The van der Waals surface area contributed by atoms with Gasteiger partial charge >= 0.3 is 13.8 Å². The van der Waals surface area contributed by atoms with Gasteiger partial charge in [-0.2, -0.15) is 0 Å². The van der Waals surface area contributed by atoms with Crippen LogP contribution in [0.3, 0.4) is 0 Å². The number of allylic oxidation sites excluding steroid dienone is 4. The Hall–Kier alpha value is -1.51. The second-order valence-electron chi connectivity index (χ2n) is 17.1. The molecule has 0 aliphatic heterocycles. The maximum atomic E-state index is 12.1. The van der Waals surface area contributed by atoms with Gasteiger partial charge in [-0.05, 0) is 44.9 Å². The average molecular weight is 870 g/mol. The monoisotopic (exact) mass is 870 g/mol. The number of hydrogen-bond donors (Lipinski definition) is 3. The van der Waals surface area contributed by atoms with Crippen LogP contribution < -0.4 is 5.32 Å². The number of nitrogens with one attached hydrogen (secondary N) is 1. The van der Waals surface area contributed by atoms with Crippen molar-refractivity contribution in [1.29, 1.82) is 0 Å². The van der Waals surface area contributed by atoms with Gasteiger partial charge in [0, 0.05) is 19.4 Å². The van der Waals surface area contributed by atoms with E-state index in [0.29, 0.717) is 6.42 Å². The van der Waals surface area contributed by atoms with E-state index >= 15 is 0 Å². The number of amides is 1. The van der Waals surface area contributed by atoms with Crippen LogP contribution in [0.1, 0.15) is 251 Å². The molecule has 3 N–H and O–H groups in total. The smallest absolute Gasteiger partial charge is 0.463 e. The van der Waals surface area contributed by atoms with Crippen molar-refractivity contribution in [3.05, 3.63) is 24.3 Å². The van der Waals surface area contributed by atoms with E-state index in [-0.39, 0.29) is 32.1 Å². The summed E-state index contributed by atoms with van der Waals surface area (Å²) in [7, 11) is -4.42. The van der Waals surface area contributed by atoms with E-state index in [1.54, 1.807) is 0 Å². The molecule has 0 aromatic heterocycles. The first kappa shape index (κ1) is 58.5. The third-order valence-electron chi connectivity index (χ3n) is 11.1. The summed E-state index contributed by atoms with van der Waals surface area (Å²) in [4.78, 5) is 34.0. The minimum Gasteiger partial charge on any atom is -0.463 e. The highest BCUT2D eigenvalue weighted by molar-refractivity contribution is 7.47. The molecule has 9 nitrogen and oxygen atoms in total. The molecule has 2 atom stereocenters. The van der Waals surface area contributed by atoms with Crippen LogP contribution in [0, 0.1) is 0 Å². The summed E-state index contributed by atoms with van der Waals surface area (Å²) in [6, 6.07) is 0. The number of aliphatic hydroxyl groups excluding tert-OH is 1. The Balaban J connectivity index is 3.53. The quantitative estimate of drug-likeness (QED) is 0.0238. The number of unbranched alkanes of at least 4 members (excludes halogenated alkanes) is 31. The maximum Gasteiger partial charge on any atom is 0.472 e. The summed E-state index contributed by atoms with van der Waals surface area (Å²) in [6.45, 7) is 3.58. The van der Waals surface area contributed by atoms with Crippen molar-refractivity contribution in [3.63, 3.8) is 0 Å². The van der Waals surface area contributed by atoms with Gasteiger partial charge in [0.05, 0.1) is 13.2 Å². The van der Waals surface area contributed by atoms with Gasteiger partial charge in [0.15, 0.2) is 0 Å². The number of carbonyl (C=O) groups excluding carboxylic acids is 2. The van der Waals surface area contributed by atoms with Gasteiger partial charge in [0.25, 0.3) is 0 Å². The van der Waals surface area contributed by atoms with E-state index in [4.69, 9.17) is 13.8 Å². The largest absolute Gasteiger partial charge is 0.472 e. The van der Waals surface area contributed by atoms with Crippen LogP contribution in [0.4, 0.5) is 0 Å². The van der Waals surface area contributed by atoms with Crippen molar-refractivity contribution < 1.29 is 37.9 Å². The van der Waals surface area contributed by atoms with E-state index < -0.39 is 26.5 Å². The molecule has 0 spiro atoms. The van der Waals surface area contributed by atoms with Gasteiger partial charge in [-0.15, -0.1) is 0 Å². The van der Waals surface area contributed by atoms with E-state index in [0.717, 1.165) is 44.9 Å². The van der Waals surface area contributed by atoms with Crippen LogP contribution in [-0.2, 0) is 27.9 Å². The lowest BCUT2D eigenvalue weighted by Gasteiger charge is -2.15.